The number of ether oxygens (including phenoxy) is 1. The van der Waals surface area contributed by atoms with Crippen LogP contribution in [0.25, 0.3) is 0 Å². The average Bonchev–Trinajstić information content (AvgIpc) is 2.76. The van der Waals surface area contributed by atoms with E-state index in [0.29, 0.717) is 10.8 Å². The van der Waals surface area contributed by atoms with Crippen molar-refractivity contribution >= 4 is 21.4 Å². The molecule has 28 heavy (non-hydrogen) atoms. The topological polar surface area (TPSA) is 87.7 Å². The summed E-state index contributed by atoms with van der Waals surface area (Å²) in [5, 5.41) is 19.2. The number of pyridine rings is 1. The highest BCUT2D eigenvalue weighted by atomic mass is 35.5. The lowest BCUT2D eigenvalue weighted by Crippen LogP contribution is -2.28. The fraction of sp³-hybridized carbons (Fsp3) is 0.267. The van der Waals surface area contributed by atoms with Crippen molar-refractivity contribution in [2.45, 2.75) is 28.9 Å². The molecule has 3 rings (SSSR count). The van der Waals surface area contributed by atoms with E-state index in [-0.39, 0.29) is 10.8 Å². The van der Waals surface area contributed by atoms with E-state index in [1.165, 1.54) is 6.07 Å². The maximum Gasteiger partial charge on any atom is 0.501 e. The highest BCUT2D eigenvalue weighted by Crippen LogP contribution is 2.51. The van der Waals surface area contributed by atoms with Crippen LogP contribution in [0.3, 0.4) is 0 Å². The number of aromatic nitrogens is 1. The van der Waals surface area contributed by atoms with Crippen molar-refractivity contribution in [1.82, 2.24) is 0 Å². The maximum atomic E-state index is 14.0. The molecule has 1 heterocycles. The summed E-state index contributed by atoms with van der Waals surface area (Å²) in [6.07, 6.45) is -1.99. The smallest absolute Gasteiger partial charge is 0.451 e. The van der Waals surface area contributed by atoms with Crippen LogP contribution in [0.2, 0.25) is 5.02 Å². The van der Waals surface area contributed by atoms with Gasteiger partial charge in [-0.05, 0) is 12.1 Å². The van der Waals surface area contributed by atoms with Gasteiger partial charge in [-0.1, -0.05) is 11.6 Å². The molecular formula is C15H10ClF5NO5S+. The number of aliphatic hydroxyl groups is 1. The van der Waals surface area contributed by atoms with Gasteiger partial charge in [0.2, 0.25) is 6.20 Å². The number of aliphatic hydroxyl groups excluding tert-OH is 1. The number of alkyl halides is 5. The van der Waals surface area contributed by atoms with E-state index in [0.717, 1.165) is 18.5 Å². The second kappa shape index (κ2) is 6.42. The fourth-order valence-corrected chi connectivity index (χ4v) is 4.02. The number of rotatable bonds is 3. The van der Waals surface area contributed by atoms with Gasteiger partial charge in [-0.3, -0.25) is 5.21 Å². The van der Waals surface area contributed by atoms with Crippen molar-refractivity contribution in [3.05, 3.63) is 46.7 Å². The molecular weight excluding hydrogens is 437 g/mol. The lowest BCUT2D eigenvalue weighted by atomic mass is 10.1. The van der Waals surface area contributed by atoms with Gasteiger partial charge >= 0.3 is 5.51 Å². The van der Waals surface area contributed by atoms with Gasteiger partial charge in [0, 0.05) is 28.3 Å². The molecule has 6 nitrogen and oxygen atoms in total. The third-order valence-electron chi connectivity index (χ3n) is 3.98. The molecule has 0 aliphatic heterocycles. The molecule has 1 aromatic carbocycles. The largest absolute Gasteiger partial charge is 0.501 e. The molecule has 2 aromatic rings. The minimum Gasteiger partial charge on any atom is -0.451 e. The fourth-order valence-electron chi connectivity index (χ4n) is 2.79. The zero-order chi connectivity index (χ0) is 21.1. The number of hydrogen-bond acceptors (Lipinski definition) is 5. The number of fused-ring (bicyclic) bond motifs is 1. The molecule has 1 aromatic heterocycles. The number of halogens is 6. The standard InChI is InChI=1S/C15H10ClF5NO5S/c16-7-3-8(6-22(24)5-7)27-10-1-2-11(28(25,26)15(19,20)21)12-9(10)4-14(17,18)13(12)23/h1-3,5-6,13,23-24H,4H2/q+1. The van der Waals surface area contributed by atoms with Gasteiger partial charge in [0.1, 0.15) is 16.9 Å². The summed E-state index contributed by atoms with van der Waals surface area (Å²) in [6, 6.07) is 2.36. The van der Waals surface area contributed by atoms with Crippen LogP contribution in [-0.4, -0.2) is 30.2 Å². The molecule has 13 heteroatoms. The lowest BCUT2D eigenvalue weighted by molar-refractivity contribution is -0.904. The van der Waals surface area contributed by atoms with E-state index in [9.17, 15) is 40.7 Å². The van der Waals surface area contributed by atoms with Crippen LogP contribution >= 0.6 is 11.6 Å². The van der Waals surface area contributed by atoms with Crippen molar-refractivity contribution in [1.29, 1.82) is 0 Å². The second-order valence-corrected chi connectivity index (χ2v) is 8.26. The van der Waals surface area contributed by atoms with E-state index in [4.69, 9.17) is 16.3 Å². The van der Waals surface area contributed by atoms with Gasteiger partial charge in [0.05, 0.1) is 4.90 Å². The molecule has 0 radical (unpaired) electrons. The normalized spacial score (nSPS) is 18.8. The summed E-state index contributed by atoms with van der Waals surface area (Å²) >= 11 is 5.71. The van der Waals surface area contributed by atoms with Crippen molar-refractivity contribution in [2.24, 2.45) is 0 Å². The molecule has 0 fully saturated rings. The summed E-state index contributed by atoms with van der Waals surface area (Å²) in [5.41, 5.74) is -7.44. The highest BCUT2D eigenvalue weighted by molar-refractivity contribution is 7.92. The van der Waals surface area contributed by atoms with Crippen LogP contribution in [0, 0.1) is 0 Å². The summed E-state index contributed by atoms with van der Waals surface area (Å²) in [6.45, 7) is 0. The first kappa shape index (κ1) is 20.6. The SMILES string of the molecule is O=S(=O)(c1ccc(Oc2cc(Cl)c[n+](O)c2)c2c1C(O)C(F)(F)C2)C(F)(F)F. The quantitative estimate of drug-likeness (QED) is 0.429. The van der Waals surface area contributed by atoms with E-state index in [1.54, 1.807) is 0 Å². The molecule has 1 unspecified atom stereocenters. The van der Waals surface area contributed by atoms with Crippen LogP contribution in [-0.2, 0) is 16.3 Å². The summed E-state index contributed by atoms with van der Waals surface area (Å²) in [5.74, 6) is -4.51. The van der Waals surface area contributed by atoms with Gasteiger partial charge < -0.3 is 9.84 Å². The number of sulfone groups is 1. The Morgan fingerprint density at radius 2 is 1.89 bits per heavy atom. The van der Waals surface area contributed by atoms with E-state index in [2.05, 4.69) is 0 Å². The third-order valence-corrected chi connectivity index (χ3v) is 5.73. The molecule has 152 valence electrons. The molecule has 1 aliphatic rings. The van der Waals surface area contributed by atoms with Crippen molar-refractivity contribution in [3.8, 4) is 11.5 Å². The molecule has 1 aliphatic carbocycles. The number of nitrogens with zero attached hydrogens (tertiary/aromatic N) is 1. The van der Waals surface area contributed by atoms with Crippen molar-refractivity contribution in [2.75, 3.05) is 0 Å². The molecule has 0 spiro atoms. The first-order valence-corrected chi connectivity index (χ1v) is 9.22. The number of benzene rings is 1. The zero-order valence-electron chi connectivity index (χ0n) is 13.4. The van der Waals surface area contributed by atoms with Crippen molar-refractivity contribution in [3.63, 3.8) is 0 Å². The van der Waals surface area contributed by atoms with E-state index in [1.807, 2.05) is 0 Å². The maximum absolute atomic E-state index is 14.0. The Bertz CT molecular complexity index is 1040. The first-order valence-electron chi connectivity index (χ1n) is 7.36. The molecule has 1 atom stereocenters. The monoisotopic (exact) mass is 446 g/mol. The van der Waals surface area contributed by atoms with E-state index < -0.39 is 55.6 Å². The highest BCUT2D eigenvalue weighted by Gasteiger charge is 2.55. The Morgan fingerprint density at radius 3 is 2.46 bits per heavy atom. The molecule has 0 amide bonds. The van der Waals surface area contributed by atoms with E-state index >= 15 is 0 Å². The summed E-state index contributed by atoms with van der Waals surface area (Å²) in [7, 11) is -6.00. The predicted octanol–water partition coefficient (Wildman–Crippen LogP) is 3.18. The lowest BCUT2D eigenvalue weighted by Gasteiger charge is -2.17. The summed E-state index contributed by atoms with van der Waals surface area (Å²) in [4.78, 5) is -1.48. The molecule has 0 saturated heterocycles. The Hall–Kier alpha value is -2.18. The minimum absolute atomic E-state index is 0.0155. The van der Waals surface area contributed by atoms with Crippen LogP contribution in [0.4, 0.5) is 22.0 Å². The Morgan fingerprint density at radius 1 is 1.25 bits per heavy atom. The van der Waals surface area contributed by atoms with Crippen LogP contribution in [0.5, 0.6) is 11.5 Å². The molecule has 0 bridgehead atoms. The summed E-state index contributed by atoms with van der Waals surface area (Å²) < 4.78 is 96.0. The predicted molar refractivity (Wildman–Crippen MR) is 82.2 cm³/mol. The third kappa shape index (κ3) is 3.35. The molecule has 2 N–H and O–H groups in total. The second-order valence-electron chi connectivity index (χ2n) is 5.92. The Labute approximate surface area is 159 Å². The van der Waals surface area contributed by atoms with Crippen LogP contribution < -0.4 is 9.47 Å². The number of hydrogen-bond donors (Lipinski definition) is 2. The van der Waals surface area contributed by atoms with Crippen LogP contribution in [0.15, 0.2) is 35.5 Å². The zero-order valence-corrected chi connectivity index (χ0v) is 15.0. The Balaban J connectivity index is 2.19. The van der Waals surface area contributed by atoms with Gasteiger partial charge in [0.25, 0.3) is 22.0 Å². The van der Waals surface area contributed by atoms with Gasteiger partial charge in [-0.25, -0.2) is 17.2 Å². The van der Waals surface area contributed by atoms with Gasteiger partial charge in [0.15, 0.2) is 5.75 Å². The van der Waals surface area contributed by atoms with Crippen molar-refractivity contribution < 1.29 is 50.2 Å². The first-order chi connectivity index (χ1) is 12.7. The minimum atomic E-state index is -6.00. The van der Waals surface area contributed by atoms with Gasteiger partial charge in [-0.15, -0.1) is 0 Å². The van der Waals surface area contributed by atoms with Gasteiger partial charge in [-0.2, -0.15) is 13.2 Å². The molecule has 0 saturated carbocycles. The van der Waals surface area contributed by atoms with Crippen LogP contribution in [0.1, 0.15) is 17.2 Å². The average molecular weight is 447 g/mol. The Kier molecular flexibility index (Phi) is 4.72.